The zero-order valence-corrected chi connectivity index (χ0v) is 19.7. The normalized spacial score (nSPS) is 18.4. The van der Waals surface area contributed by atoms with Crippen molar-refractivity contribution in [3.63, 3.8) is 0 Å². The van der Waals surface area contributed by atoms with Crippen LogP contribution in [0.15, 0.2) is 23.3 Å². The second-order valence-corrected chi connectivity index (χ2v) is 7.71. The van der Waals surface area contributed by atoms with E-state index in [2.05, 4.69) is 34.4 Å². The smallest absolute Gasteiger partial charge is 0.213 e. The van der Waals surface area contributed by atoms with E-state index in [0.717, 1.165) is 36.5 Å². The van der Waals surface area contributed by atoms with Crippen molar-refractivity contribution in [1.29, 1.82) is 0 Å². The number of pyridine rings is 1. The molecule has 0 atom stereocenters. The first-order chi connectivity index (χ1) is 13.3. The van der Waals surface area contributed by atoms with Crippen LogP contribution in [0.5, 0.6) is 5.88 Å². The molecule has 1 aromatic rings. The molecule has 6 nitrogen and oxygen atoms in total. The Labute approximate surface area is 186 Å². The van der Waals surface area contributed by atoms with Crippen molar-refractivity contribution in [2.75, 3.05) is 32.8 Å². The monoisotopic (exact) mass is 501 g/mol. The Morgan fingerprint density at radius 3 is 2.71 bits per heavy atom. The van der Waals surface area contributed by atoms with Gasteiger partial charge in [-0.15, -0.1) is 24.0 Å². The molecular formula is C21H36IN5O. The number of nitrogens with one attached hydrogen (secondary N) is 2. The molecule has 0 amide bonds. The highest BCUT2D eigenvalue weighted by molar-refractivity contribution is 14.0. The number of likely N-dealkylation sites (tertiary alicyclic amines) is 1. The molecule has 1 aliphatic heterocycles. The van der Waals surface area contributed by atoms with Crippen LogP contribution in [-0.4, -0.2) is 54.7 Å². The number of aromatic nitrogens is 1. The highest BCUT2D eigenvalue weighted by Gasteiger charge is 2.22. The van der Waals surface area contributed by atoms with Crippen LogP contribution in [0.25, 0.3) is 0 Å². The lowest BCUT2D eigenvalue weighted by Gasteiger charge is -2.32. The van der Waals surface area contributed by atoms with Crippen LogP contribution in [0.2, 0.25) is 0 Å². The first-order valence-corrected chi connectivity index (χ1v) is 10.6. The van der Waals surface area contributed by atoms with Crippen molar-refractivity contribution in [1.82, 2.24) is 20.5 Å². The van der Waals surface area contributed by atoms with Gasteiger partial charge in [0.15, 0.2) is 5.96 Å². The van der Waals surface area contributed by atoms with Crippen LogP contribution in [0.3, 0.4) is 0 Å². The minimum atomic E-state index is 0. The predicted molar refractivity (Wildman–Crippen MR) is 126 cm³/mol. The zero-order valence-electron chi connectivity index (χ0n) is 17.3. The molecule has 2 N–H and O–H groups in total. The molecule has 1 aromatic heterocycles. The van der Waals surface area contributed by atoms with Gasteiger partial charge in [0.05, 0.1) is 13.2 Å². The number of piperidine rings is 1. The Hall–Kier alpha value is -1.09. The molecule has 0 spiro atoms. The summed E-state index contributed by atoms with van der Waals surface area (Å²) in [5.74, 6) is 2.36. The topological polar surface area (TPSA) is 61.8 Å². The average molecular weight is 501 g/mol. The SMILES string of the molecule is CCCN1CCC(NC(=NCc2ccnc(OCC3CC3)c2)NCC)CC1.I. The number of halogens is 1. The summed E-state index contributed by atoms with van der Waals surface area (Å²) in [6.45, 7) is 10.2. The van der Waals surface area contributed by atoms with Gasteiger partial charge in [0, 0.05) is 37.9 Å². The number of ether oxygens (including phenoxy) is 1. The van der Waals surface area contributed by atoms with Gasteiger partial charge < -0.3 is 20.3 Å². The summed E-state index contributed by atoms with van der Waals surface area (Å²) in [4.78, 5) is 11.6. The van der Waals surface area contributed by atoms with Gasteiger partial charge in [0.25, 0.3) is 0 Å². The summed E-state index contributed by atoms with van der Waals surface area (Å²) in [7, 11) is 0. The van der Waals surface area contributed by atoms with Gasteiger partial charge in [-0.3, -0.25) is 0 Å². The number of aliphatic imine (C=N–C) groups is 1. The van der Waals surface area contributed by atoms with E-state index in [9.17, 15) is 0 Å². The molecule has 2 aliphatic rings. The van der Waals surface area contributed by atoms with E-state index in [1.165, 1.54) is 51.7 Å². The van der Waals surface area contributed by atoms with Gasteiger partial charge in [-0.05, 0) is 63.1 Å². The van der Waals surface area contributed by atoms with Crippen molar-refractivity contribution in [3.05, 3.63) is 23.9 Å². The Balaban J connectivity index is 0.00000280. The summed E-state index contributed by atoms with van der Waals surface area (Å²) < 4.78 is 5.78. The number of hydrogen-bond donors (Lipinski definition) is 2. The first-order valence-electron chi connectivity index (χ1n) is 10.6. The maximum Gasteiger partial charge on any atom is 0.213 e. The van der Waals surface area contributed by atoms with Crippen LogP contribution in [-0.2, 0) is 6.54 Å². The van der Waals surface area contributed by atoms with Crippen molar-refractivity contribution >= 4 is 29.9 Å². The molecular weight excluding hydrogens is 465 g/mol. The molecule has 1 saturated carbocycles. The van der Waals surface area contributed by atoms with Gasteiger partial charge in [-0.1, -0.05) is 6.92 Å². The third-order valence-electron chi connectivity index (χ3n) is 5.20. The van der Waals surface area contributed by atoms with Gasteiger partial charge in [0.2, 0.25) is 5.88 Å². The van der Waals surface area contributed by atoms with E-state index >= 15 is 0 Å². The molecule has 2 fully saturated rings. The summed E-state index contributed by atoms with van der Waals surface area (Å²) in [6.07, 6.45) is 7.99. The molecule has 7 heteroatoms. The van der Waals surface area contributed by atoms with Gasteiger partial charge >= 0.3 is 0 Å². The fourth-order valence-corrected chi connectivity index (χ4v) is 3.42. The van der Waals surface area contributed by atoms with E-state index in [0.29, 0.717) is 12.6 Å². The number of guanidine groups is 1. The van der Waals surface area contributed by atoms with Gasteiger partial charge in [0.1, 0.15) is 0 Å². The molecule has 158 valence electrons. The fourth-order valence-electron chi connectivity index (χ4n) is 3.42. The predicted octanol–water partition coefficient (Wildman–Crippen LogP) is 3.42. The molecule has 3 rings (SSSR count). The van der Waals surface area contributed by atoms with Crippen molar-refractivity contribution in [3.8, 4) is 5.88 Å². The standard InChI is InChI=1S/C21H35N5O.HI/c1-3-11-26-12-8-19(9-13-26)25-21(22-4-2)24-15-18-7-10-23-20(14-18)27-16-17-5-6-17;/h7,10,14,17,19H,3-6,8-9,11-13,15-16H2,1-2H3,(H2,22,24,25);1H. The Morgan fingerprint density at radius 2 is 2.04 bits per heavy atom. The second-order valence-electron chi connectivity index (χ2n) is 7.71. The number of nitrogens with zero attached hydrogens (tertiary/aromatic N) is 3. The molecule has 0 aromatic carbocycles. The van der Waals surface area contributed by atoms with Crippen LogP contribution >= 0.6 is 24.0 Å². The van der Waals surface area contributed by atoms with Crippen molar-refractivity contribution in [2.45, 2.75) is 58.5 Å². The number of hydrogen-bond acceptors (Lipinski definition) is 4. The van der Waals surface area contributed by atoms with Crippen molar-refractivity contribution < 1.29 is 4.74 Å². The Bertz CT molecular complexity index is 600. The Morgan fingerprint density at radius 1 is 1.25 bits per heavy atom. The third-order valence-corrected chi connectivity index (χ3v) is 5.20. The third kappa shape index (κ3) is 8.11. The summed E-state index contributed by atoms with van der Waals surface area (Å²) in [6, 6.07) is 4.53. The minimum Gasteiger partial charge on any atom is -0.477 e. The highest BCUT2D eigenvalue weighted by Crippen LogP contribution is 2.29. The van der Waals surface area contributed by atoms with E-state index in [1.807, 2.05) is 18.3 Å². The molecule has 0 unspecified atom stereocenters. The van der Waals surface area contributed by atoms with Crippen LogP contribution in [0.4, 0.5) is 0 Å². The maximum absolute atomic E-state index is 5.78. The molecule has 28 heavy (non-hydrogen) atoms. The molecule has 2 heterocycles. The maximum atomic E-state index is 5.78. The average Bonchev–Trinajstić information content (AvgIpc) is 3.51. The van der Waals surface area contributed by atoms with E-state index in [-0.39, 0.29) is 24.0 Å². The van der Waals surface area contributed by atoms with Gasteiger partial charge in [-0.25, -0.2) is 9.98 Å². The van der Waals surface area contributed by atoms with Crippen molar-refractivity contribution in [2.24, 2.45) is 10.9 Å². The minimum absolute atomic E-state index is 0. The van der Waals surface area contributed by atoms with E-state index in [4.69, 9.17) is 9.73 Å². The summed E-state index contributed by atoms with van der Waals surface area (Å²) >= 11 is 0. The lowest BCUT2D eigenvalue weighted by atomic mass is 10.1. The van der Waals surface area contributed by atoms with E-state index < -0.39 is 0 Å². The quantitative estimate of drug-likeness (QED) is 0.309. The molecule has 0 bridgehead atoms. The lowest BCUT2D eigenvalue weighted by Crippen LogP contribution is -2.48. The highest BCUT2D eigenvalue weighted by atomic mass is 127. The summed E-state index contributed by atoms with van der Waals surface area (Å²) in [5, 5.41) is 7.00. The largest absolute Gasteiger partial charge is 0.477 e. The summed E-state index contributed by atoms with van der Waals surface area (Å²) in [5.41, 5.74) is 1.13. The van der Waals surface area contributed by atoms with Crippen LogP contribution in [0.1, 0.15) is 51.5 Å². The van der Waals surface area contributed by atoms with Crippen LogP contribution < -0.4 is 15.4 Å². The Kier molecular flexibility index (Phi) is 10.3. The van der Waals surface area contributed by atoms with Crippen LogP contribution in [0, 0.1) is 5.92 Å². The zero-order chi connectivity index (χ0) is 18.9. The number of rotatable bonds is 9. The van der Waals surface area contributed by atoms with Gasteiger partial charge in [-0.2, -0.15) is 0 Å². The molecule has 1 aliphatic carbocycles. The fraction of sp³-hybridized carbons (Fsp3) is 0.714. The molecule has 0 radical (unpaired) electrons. The second kappa shape index (κ2) is 12.5. The lowest BCUT2D eigenvalue weighted by molar-refractivity contribution is 0.206. The molecule has 1 saturated heterocycles. The van der Waals surface area contributed by atoms with E-state index in [1.54, 1.807) is 0 Å². The first kappa shape index (κ1) is 23.2.